The van der Waals surface area contributed by atoms with Gasteiger partial charge >= 0.3 is 0 Å². The Bertz CT molecular complexity index is 1000. The minimum atomic E-state index is 0.684. The van der Waals surface area contributed by atoms with Crippen molar-refractivity contribution in [1.29, 1.82) is 0 Å². The van der Waals surface area contributed by atoms with E-state index in [0.29, 0.717) is 6.61 Å². The van der Waals surface area contributed by atoms with Crippen molar-refractivity contribution in [1.82, 2.24) is 0 Å². The Morgan fingerprint density at radius 1 is 0.692 bits per heavy atom. The molecule has 0 saturated carbocycles. The molecule has 128 valence electrons. The summed E-state index contributed by atoms with van der Waals surface area (Å²) in [5, 5.41) is 2.39. The van der Waals surface area contributed by atoms with Crippen LogP contribution < -0.4 is 4.74 Å². The molecule has 0 heterocycles. The van der Waals surface area contributed by atoms with Crippen LogP contribution in [-0.2, 0) is 6.42 Å². The minimum Gasteiger partial charge on any atom is -0.493 e. The van der Waals surface area contributed by atoms with Crippen molar-refractivity contribution < 1.29 is 4.74 Å². The summed E-state index contributed by atoms with van der Waals surface area (Å²) in [5.74, 6) is 0.968. The summed E-state index contributed by atoms with van der Waals surface area (Å²) in [7, 11) is 0. The molecule has 1 nitrogen and oxygen atoms in total. The van der Waals surface area contributed by atoms with Gasteiger partial charge in [-0.2, -0.15) is 0 Å². The smallest absolute Gasteiger partial charge is 0.127 e. The standard InChI is InChI=1S/C25H22O/c1-19-16-23-18-22(21-10-6-3-7-11-21)12-13-24(23)25(17-19)26-15-14-20-8-4-2-5-9-20/h2-13,16-18H,14-15H2,1H3. The maximum absolute atomic E-state index is 6.15. The second-order valence-corrected chi connectivity index (χ2v) is 6.65. The fourth-order valence-corrected chi connectivity index (χ4v) is 3.33. The maximum Gasteiger partial charge on any atom is 0.127 e. The van der Waals surface area contributed by atoms with Gasteiger partial charge in [-0.25, -0.2) is 0 Å². The lowest BCUT2D eigenvalue weighted by atomic mass is 9.99. The lowest BCUT2D eigenvalue weighted by molar-refractivity contribution is 0.325. The van der Waals surface area contributed by atoms with E-state index in [0.717, 1.165) is 12.2 Å². The van der Waals surface area contributed by atoms with Crippen LogP contribution in [0, 0.1) is 6.92 Å². The average molecular weight is 338 g/mol. The van der Waals surface area contributed by atoms with Crippen LogP contribution in [0.1, 0.15) is 11.1 Å². The second kappa shape index (κ2) is 7.45. The van der Waals surface area contributed by atoms with E-state index >= 15 is 0 Å². The van der Waals surface area contributed by atoms with Crippen molar-refractivity contribution in [3.05, 3.63) is 102 Å². The molecule has 1 heteroatoms. The molecule has 0 amide bonds. The zero-order valence-electron chi connectivity index (χ0n) is 15.0. The molecule has 0 fully saturated rings. The first-order chi connectivity index (χ1) is 12.8. The molecular weight excluding hydrogens is 316 g/mol. The Morgan fingerprint density at radius 2 is 1.42 bits per heavy atom. The van der Waals surface area contributed by atoms with Crippen molar-refractivity contribution in [3.8, 4) is 16.9 Å². The van der Waals surface area contributed by atoms with Gasteiger partial charge in [0.25, 0.3) is 0 Å². The second-order valence-electron chi connectivity index (χ2n) is 6.65. The maximum atomic E-state index is 6.15. The van der Waals surface area contributed by atoms with Gasteiger partial charge in [-0.3, -0.25) is 0 Å². The molecule has 0 unspecified atom stereocenters. The van der Waals surface area contributed by atoms with Crippen LogP contribution in [0.2, 0.25) is 0 Å². The highest BCUT2D eigenvalue weighted by atomic mass is 16.5. The van der Waals surface area contributed by atoms with Gasteiger partial charge in [-0.15, -0.1) is 0 Å². The Labute approximate surface area is 154 Å². The molecule has 0 saturated heterocycles. The Morgan fingerprint density at radius 3 is 2.19 bits per heavy atom. The summed E-state index contributed by atoms with van der Waals surface area (Å²) in [6.45, 7) is 2.81. The van der Waals surface area contributed by atoms with Crippen molar-refractivity contribution >= 4 is 10.8 Å². The predicted molar refractivity (Wildman–Crippen MR) is 110 cm³/mol. The summed E-state index contributed by atoms with van der Waals surface area (Å²) in [4.78, 5) is 0. The third-order valence-corrected chi connectivity index (χ3v) is 4.66. The van der Waals surface area contributed by atoms with Crippen molar-refractivity contribution in [2.24, 2.45) is 0 Å². The van der Waals surface area contributed by atoms with Gasteiger partial charge in [-0.1, -0.05) is 78.9 Å². The zero-order chi connectivity index (χ0) is 17.8. The van der Waals surface area contributed by atoms with Gasteiger partial charge in [0.1, 0.15) is 5.75 Å². The van der Waals surface area contributed by atoms with E-state index in [-0.39, 0.29) is 0 Å². The van der Waals surface area contributed by atoms with Crippen molar-refractivity contribution in [3.63, 3.8) is 0 Å². The fraction of sp³-hybridized carbons (Fsp3) is 0.120. The van der Waals surface area contributed by atoms with Gasteiger partial charge in [0.05, 0.1) is 6.61 Å². The number of ether oxygens (including phenoxy) is 1. The van der Waals surface area contributed by atoms with Crippen molar-refractivity contribution in [2.75, 3.05) is 6.61 Å². The quantitative estimate of drug-likeness (QED) is 0.407. The van der Waals surface area contributed by atoms with Gasteiger partial charge in [0, 0.05) is 11.8 Å². The summed E-state index contributed by atoms with van der Waals surface area (Å²) in [6, 6.07) is 31.9. The minimum absolute atomic E-state index is 0.684. The van der Waals surface area contributed by atoms with Gasteiger partial charge < -0.3 is 4.74 Å². The summed E-state index contributed by atoms with van der Waals surface area (Å²) < 4.78 is 6.15. The van der Waals surface area contributed by atoms with E-state index in [1.54, 1.807) is 0 Å². The average Bonchev–Trinajstić information content (AvgIpc) is 2.69. The van der Waals surface area contributed by atoms with Crippen LogP contribution in [-0.4, -0.2) is 6.61 Å². The van der Waals surface area contributed by atoms with Crippen LogP contribution in [0.5, 0.6) is 5.75 Å². The number of hydrogen-bond acceptors (Lipinski definition) is 1. The monoisotopic (exact) mass is 338 g/mol. The van der Waals surface area contributed by atoms with Crippen LogP contribution >= 0.6 is 0 Å². The van der Waals surface area contributed by atoms with E-state index in [9.17, 15) is 0 Å². The normalized spacial score (nSPS) is 10.8. The first-order valence-electron chi connectivity index (χ1n) is 9.06. The lowest BCUT2D eigenvalue weighted by Gasteiger charge is -2.12. The van der Waals surface area contributed by atoms with E-state index in [1.165, 1.54) is 33.0 Å². The Kier molecular flexibility index (Phi) is 4.70. The topological polar surface area (TPSA) is 9.23 Å². The molecule has 0 aliphatic carbocycles. The number of hydrogen-bond donors (Lipinski definition) is 0. The molecule has 0 atom stereocenters. The fourth-order valence-electron chi connectivity index (χ4n) is 3.33. The zero-order valence-corrected chi connectivity index (χ0v) is 15.0. The molecule has 0 radical (unpaired) electrons. The Hall–Kier alpha value is -3.06. The third kappa shape index (κ3) is 3.62. The molecule has 4 aromatic carbocycles. The largest absolute Gasteiger partial charge is 0.493 e. The van der Waals surface area contributed by atoms with Crippen LogP contribution in [0.3, 0.4) is 0 Å². The molecule has 0 aliphatic heterocycles. The van der Waals surface area contributed by atoms with E-state index in [4.69, 9.17) is 4.74 Å². The molecule has 0 bridgehead atoms. The highest BCUT2D eigenvalue weighted by Crippen LogP contribution is 2.31. The van der Waals surface area contributed by atoms with Crippen LogP contribution in [0.25, 0.3) is 21.9 Å². The first kappa shape index (κ1) is 16.4. The Balaban J connectivity index is 1.60. The number of benzene rings is 4. The third-order valence-electron chi connectivity index (χ3n) is 4.66. The number of aryl methyl sites for hydroxylation is 1. The molecule has 0 spiro atoms. The summed E-state index contributed by atoms with van der Waals surface area (Å²) in [5.41, 5.74) is 5.00. The van der Waals surface area contributed by atoms with Crippen LogP contribution in [0.4, 0.5) is 0 Å². The summed E-state index contributed by atoms with van der Waals surface area (Å²) >= 11 is 0. The van der Waals surface area contributed by atoms with E-state index < -0.39 is 0 Å². The predicted octanol–water partition coefficient (Wildman–Crippen LogP) is 6.44. The molecule has 0 aliphatic rings. The molecular formula is C25H22O. The SMILES string of the molecule is Cc1cc(OCCc2ccccc2)c2ccc(-c3ccccc3)cc2c1. The van der Waals surface area contributed by atoms with E-state index in [1.807, 2.05) is 12.1 Å². The molecule has 26 heavy (non-hydrogen) atoms. The molecule has 0 aromatic heterocycles. The van der Waals surface area contributed by atoms with Crippen LogP contribution in [0.15, 0.2) is 91.0 Å². The lowest BCUT2D eigenvalue weighted by Crippen LogP contribution is -2.02. The van der Waals surface area contributed by atoms with Gasteiger partial charge in [0.15, 0.2) is 0 Å². The van der Waals surface area contributed by atoms with Gasteiger partial charge in [-0.05, 0) is 46.7 Å². The molecule has 4 rings (SSSR count). The highest BCUT2D eigenvalue weighted by molar-refractivity contribution is 5.92. The number of fused-ring (bicyclic) bond motifs is 1. The van der Waals surface area contributed by atoms with Crippen molar-refractivity contribution in [2.45, 2.75) is 13.3 Å². The number of rotatable bonds is 5. The van der Waals surface area contributed by atoms with Gasteiger partial charge in [0.2, 0.25) is 0 Å². The first-order valence-corrected chi connectivity index (χ1v) is 9.06. The van der Waals surface area contributed by atoms with E-state index in [2.05, 4.69) is 85.8 Å². The molecule has 0 N–H and O–H groups in total. The summed E-state index contributed by atoms with van der Waals surface area (Å²) in [6.07, 6.45) is 0.915. The highest BCUT2D eigenvalue weighted by Gasteiger charge is 2.06. The molecule has 4 aromatic rings.